The number of likely N-dealkylation sites (tertiary alicyclic amines) is 1. The molecular weight excluding hydrogens is 264 g/mol. The molecule has 0 saturated carbocycles. The van der Waals surface area contributed by atoms with Gasteiger partial charge in [-0.15, -0.1) is 0 Å². The van der Waals surface area contributed by atoms with Gasteiger partial charge in [0.1, 0.15) is 12.0 Å². The average Bonchev–Trinajstić information content (AvgIpc) is 3.03. The lowest BCUT2D eigenvalue weighted by Gasteiger charge is -2.27. The third kappa shape index (κ3) is 3.42. The van der Waals surface area contributed by atoms with Crippen molar-refractivity contribution in [1.29, 1.82) is 0 Å². The van der Waals surface area contributed by atoms with Gasteiger partial charge in [-0.05, 0) is 31.4 Å². The zero-order chi connectivity index (χ0) is 14.5. The molecule has 5 heteroatoms. The molecule has 2 aromatic rings. The predicted molar refractivity (Wildman–Crippen MR) is 82.7 cm³/mol. The minimum atomic E-state index is 0.457. The topological polar surface area (TPSA) is 67.6 Å². The maximum atomic E-state index is 6.03. The Morgan fingerprint density at radius 3 is 2.71 bits per heavy atom. The van der Waals surface area contributed by atoms with Crippen LogP contribution in [0.4, 0.5) is 0 Å². The summed E-state index contributed by atoms with van der Waals surface area (Å²) in [4.78, 5) is 11.0. The Morgan fingerprint density at radius 1 is 1.19 bits per heavy atom. The number of benzene rings is 1. The van der Waals surface area contributed by atoms with Crippen LogP contribution in [0.25, 0.3) is 11.5 Å². The van der Waals surface area contributed by atoms with E-state index in [1.807, 2.05) is 30.3 Å². The van der Waals surface area contributed by atoms with E-state index < -0.39 is 0 Å². The largest absolute Gasteiger partial charge is 0.444 e. The molecule has 0 aliphatic carbocycles. The Labute approximate surface area is 124 Å². The summed E-state index contributed by atoms with van der Waals surface area (Å²) in [6.45, 7) is 2.46. The maximum Gasteiger partial charge on any atom is 0.226 e. The zero-order valence-corrected chi connectivity index (χ0v) is 12.0. The Balaban J connectivity index is 1.64. The smallest absolute Gasteiger partial charge is 0.226 e. The molecular formula is C16H20N4O. The predicted octanol–water partition coefficient (Wildman–Crippen LogP) is 2.64. The molecule has 1 fully saturated rings. The fraction of sp³-hybridized carbons (Fsp3) is 0.375. The highest BCUT2D eigenvalue weighted by molar-refractivity contribution is 5.78. The van der Waals surface area contributed by atoms with E-state index in [4.69, 9.17) is 10.2 Å². The number of hydrogen-bond acceptors (Lipinski definition) is 3. The van der Waals surface area contributed by atoms with E-state index in [0.717, 1.165) is 24.3 Å². The van der Waals surface area contributed by atoms with Crippen molar-refractivity contribution in [2.75, 3.05) is 13.1 Å². The minimum Gasteiger partial charge on any atom is -0.444 e. The van der Waals surface area contributed by atoms with Crippen molar-refractivity contribution in [3.63, 3.8) is 0 Å². The van der Waals surface area contributed by atoms with Crippen molar-refractivity contribution in [3.05, 3.63) is 42.3 Å². The Bertz CT molecular complexity index is 600. The summed E-state index contributed by atoms with van der Waals surface area (Å²) in [5.41, 5.74) is 7.80. The van der Waals surface area contributed by atoms with Gasteiger partial charge >= 0.3 is 0 Å². The molecule has 0 bridgehead atoms. The standard InChI is InChI=1S/C16H20N4O/c17-16(20-9-5-2-6-10-20)18-11-14-12-21-15(19-14)13-7-3-1-4-8-13/h1,3-4,7-8,12H,2,5-6,9-11H2,(H2,17,18). The van der Waals surface area contributed by atoms with E-state index in [1.165, 1.54) is 19.3 Å². The first-order valence-corrected chi connectivity index (χ1v) is 7.37. The molecule has 1 aliphatic rings. The molecule has 1 saturated heterocycles. The van der Waals surface area contributed by atoms with Crippen molar-refractivity contribution in [3.8, 4) is 11.5 Å². The summed E-state index contributed by atoms with van der Waals surface area (Å²) in [6, 6.07) is 9.84. The van der Waals surface area contributed by atoms with Gasteiger partial charge in [-0.1, -0.05) is 18.2 Å². The van der Waals surface area contributed by atoms with E-state index in [1.54, 1.807) is 6.26 Å². The van der Waals surface area contributed by atoms with Crippen LogP contribution in [0.5, 0.6) is 0 Å². The van der Waals surface area contributed by atoms with Crippen LogP contribution in [0.15, 0.2) is 46.0 Å². The summed E-state index contributed by atoms with van der Waals surface area (Å²) in [5.74, 6) is 1.23. The Morgan fingerprint density at radius 2 is 1.95 bits per heavy atom. The summed E-state index contributed by atoms with van der Waals surface area (Å²) in [7, 11) is 0. The van der Waals surface area contributed by atoms with Crippen LogP contribution in [-0.4, -0.2) is 28.9 Å². The first-order chi connectivity index (χ1) is 10.3. The average molecular weight is 284 g/mol. The van der Waals surface area contributed by atoms with Gasteiger partial charge in [-0.3, -0.25) is 0 Å². The minimum absolute atomic E-state index is 0.457. The first-order valence-electron chi connectivity index (χ1n) is 7.37. The van der Waals surface area contributed by atoms with Crippen LogP contribution in [0.2, 0.25) is 0 Å². The quantitative estimate of drug-likeness (QED) is 0.695. The van der Waals surface area contributed by atoms with E-state index in [-0.39, 0.29) is 0 Å². The molecule has 0 unspecified atom stereocenters. The fourth-order valence-electron chi connectivity index (χ4n) is 2.48. The third-order valence-electron chi connectivity index (χ3n) is 3.66. The highest BCUT2D eigenvalue weighted by Gasteiger charge is 2.12. The molecule has 1 aliphatic heterocycles. The van der Waals surface area contributed by atoms with Crippen LogP contribution < -0.4 is 5.73 Å². The number of nitrogens with zero attached hydrogens (tertiary/aromatic N) is 3. The van der Waals surface area contributed by atoms with E-state index in [0.29, 0.717) is 18.4 Å². The van der Waals surface area contributed by atoms with E-state index >= 15 is 0 Å². The lowest BCUT2D eigenvalue weighted by Crippen LogP contribution is -2.40. The highest BCUT2D eigenvalue weighted by atomic mass is 16.3. The van der Waals surface area contributed by atoms with Crippen molar-refractivity contribution in [2.45, 2.75) is 25.8 Å². The second-order valence-electron chi connectivity index (χ2n) is 5.23. The lowest BCUT2D eigenvalue weighted by molar-refractivity contribution is 0.338. The van der Waals surface area contributed by atoms with Gasteiger partial charge < -0.3 is 15.1 Å². The molecule has 0 atom stereocenters. The molecule has 1 aromatic carbocycles. The molecule has 21 heavy (non-hydrogen) atoms. The zero-order valence-electron chi connectivity index (χ0n) is 12.0. The summed E-state index contributed by atoms with van der Waals surface area (Å²) < 4.78 is 5.49. The monoisotopic (exact) mass is 284 g/mol. The van der Waals surface area contributed by atoms with Crippen LogP contribution >= 0.6 is 0 Å². The van der Waals surface area contributed by atoms with E-state index in [2.05, 4.69) is 14.9 Å². The van der Waals surface area contributed by atoms with Crippen LogP contribution in [0.3, 0.4) is 0 Å². The number of nitrogens with two attached hydrogens (primary N) is 1. The van der Waals surface area contributed by atoms with Gasteiger partial charge in [-0.2, -0.15) is 0 Å². The molecule has 0 spiro atoms. The number of rotatable bonds is 3. The summed E-state index contributed by atoms with van der Waals surface area (Å²) >= 11 is 0. The summed E-state index contributed by atoms with van der Waals surface area (Å²) in [6.07, 6.45) is 5.32. The van der Waals surface area contributed by atoms with Crippen molar-refractivity contribution < 1.29 is 4.42 Å². The second kappa shape index (κ2) is 6.43. The molecule has 5 nitrogen and oxygen atoms in total. The third-order valence-corrected chi connectivity index (χ3v) is 3.66. The number of aliphatic imine (C=N–C) groups is 1. The molecule has 3 rings (SSSR count). The normalized spacial score (nSPS) is 16.2. The maximum absolute atomic E-state index is 6.03. The highest BCUT2D eigenvalue weighted by Crippen LogP contribution is 2.18. The SMILES string of the molecule is NC(=NCc1coc(-c2ccccc2)n1)N1CCCCC1. The van der Waals surface area contributed by atoms with Crippen LogP contribution in [-0.2, 0) is 6.54 Å². The second-order valence-corrected chi connectivity index (χ2v) is 5.23. The summed E-state index contributed by atoms with van der Waals surface area (Å²) in [5, 5.41) is 0. The molecule has 110 valence electrons. The molecule has 2 N–H and O–H groups in total. The molecule has 1 aromatic heterocycles. The van der Waals surface area contributed by atoms with Gasteiger partial charge in [0, 0.05) is 18.7 Å². The van der Waals surface area contributed by atoms with Crippen molar-refractivity contribution in [1.82, 2.24) is 9.88 Å². The molecule has 0 radical (unpaired) electrons. The Hall–Kier alpha value is -2.30. The van der Waals surface area contributed by atoms with Gasteiger partial charge in [0.2, 0.25) is 5.89 Å². The van der Waals surface area contributed by atoms with E-state index in [9.17, 15) is 0 Å². The number of aromatic nitrogens is 1. The number of oxazole rings is 1. The number of piperidine rings is 1. The van der Waals surface area contributed by atoms with Gasteiger partial charge in [0.05, 0.1) is 6.54 Å². The van der Waals surface area contributed by atoms with Crippen molar-refractivity contribution in [2.24, 2.45) is 10.7 Å². The van der Waals surface area contributed by atoms with Gasteiger partial charge in [0.25, 0.3) is 0 Å². The Kier molecular flexibility index (Phi) is 4.19. The molecule has 2 heterocycles. The fourth-order valence-corrected chi connectivity index (χ4v) is 2.48. The number of guanidine groups is 1. The van der Waals surface area contributed by atoms with Gasteiger partial charge in [-0.25, -0.2) is 9.98 Å². The van der Waals surface area contributed by atoms with Crippen molar-refractivity contribution >= 4 is 5.96 Å². The first kappa shape index (κ1) is 13.7. The van der Waals surface area contributed by atoms with Crippen LogP contribution in [0.1, 0.15) is 25.0 Å². The van der Waals surface area contributed by atoms with Gasteiger partial charge in [0.15, 0.2) is 5.96 Å². The number of hydrogen-bond donors (Lipinski definition) is 1. The van der Waals surface area contributed by atoms with Crippen LogP contribution in [0, 0.1) is 0 Å². The lowest BCUT2D eigenvalue weighted by atomic mass is 10.1. The molecule has 0 amide bonds.